The minimum atomic E-state index is -1.58. The van der Waals surface area contributed by atoms with Crippen LogP contribution in [0.4, 0.5) is 30.4 Å². The van der Waals surface area contributed by atoms with Crippen molar-refractivity contribution in [1.29, 1.82) is 0 Å². The smallest absolute Gasteiger partial charge is 0.278 e. The molecule has 0 aliphatic heterocycles. The summed E-state index contributed by atoms with van der Waals surface area (Å²) in [5.41, 5.74) is 1.56. The highest BCUT2D eigenvalue weighted by atomic mass is 19.2. The molecular formula is C20H17F3N4O. The van der Waals surface area contributed by atoms with E-state index < -0.39 is 17.5 Å². The largest absolute Gasteiger partial charge is 0.336 e. The molecule has 3 aromatic rings. The van der Waals surface area contributed by atoms with Gasteiger partial charge in [-0.2, -0.15) is 0 Å². The van der Waals surface area contributed by atoms with Gasteiger partial charge >= 0.3 is 0 Å². The van der Waals surface area contributed by atoms with Gasteiger partial charge in [-0.05, 0) is 43.7 Å². The second-order valence-electron chi connectivity index (χ2n) is 6.02. The quantitative estimate of drug-likeness (QED) is 0.651. The molecule has 1 N–H and O–H groups in total. The number of carbonyl (C=O) groups is 1. The van der Waals surface area contributed by atoms with Crippen molar-refractivity contribution in [2.24, 2.45) is 0 Å². The van der Waals surface area contributed by atoms with Crippen molar-refractivity contribution in [2.45, 2.75) is 13.8 Å². The molecule has 3 rings (SSSR count). The van der Waals surface area contributed by atoms with Gasteiger partial charge in [0.25, 0.3) is 5.91 Å². The zero-order valence-corrected chi connectivity index (χ0v) is 15.2. The number of anilines is 3. The van der Waals surface area contributed by atoms with Gasteiger partial charge in [0.05, 0.1) is 18.1 Å². The molecule has 144 valence electrons. The molecular weight excluding hydrogens is 369 g/mol. The van der Waals surface area contributed by atoms with E-state index in [1.165, 1.54) is 12.4 Å². The van der Waals surface area contributed by atoms with E-state index in [0.717, 1.165) is 23.4 Å². The lowest BCUT2D eigenvalue weighted by molar-refractivity contribution is 0.0983. The van der Waals surface area contributed by atoms with Crippen molar-refractivity contribution in [3.8, 4) is 0 Å². The number of halogens is 3. The molecule has 2 aromatic carbocycles. The molecule has 0 saturated carbocycles. The van der Waals surface area contributed by atoms with Crippen LogP contribution in [0.2, 0.25) is 0 Å². The normalized spacial score (nSPS) is 10.6. The second-order valence-corrected chi connectivity index (χ2v) is 6.02. The maximum Gasteiger partial charge on any atom is 0.278 e. The van der Waals surface area contributed by atoms with Gasteiger partial charge in [-0.3, -0.25) is 4.79 Å². The van der Waals surface area contributed by atoms with Crippen molar-refractivity contribution < 1.29 is 18.0 Å². The molecule has 0 unspecified atom stereocenters. The standard InChI is InChI=1S/C20H17F3N4O/c1-3-27(13-6-4-5-12(2)9-13)20(28)16-10-25-17(11-24-16)26-15-8-7-14(21)18(22)19(15)23/h4-11H,3H2,1-2H3,(H,25,26). The molecule has 0 spiro atoms. The van der Waals surface area contributed by atoms with E-state index >= 15 is 0 Å². The third kappa shape index (κ3) is 3.95. The Morgan fingerprint density at radius 3 is 2.50 bits per heavy atom. The molecule has 0 aliphatic carbocycles. The topological polar surface area (TPSA) is 58.1 Å². The van der Waals surface area contributed by atoms with E-state index in [1.807, 2.05) is 38.1 Å². The number of aromatic nitrogens is 2. The number of hydrogen-bond acceptors (Lipinski definition) is 4. The summed E-state index contributed by atoms with van der Waals surface area (Å²) >= 11 is 0. The summed E-state index contributed by atoms with van der Waals surface area (Å²) in [6.45, 7) is 4.21. The highest BCUT2D eigenvalue weighted by molar-refractivity contribution is 6.04. The first-order valence-corrected chi connectivity index (χ1v) is 8.51. The number of rotatable bonds is 5. The fraction of sp³-hybridized carbons (Fsp3) is 0.150. The molecule has 8 heteroatoms. The Morgan fingerprint density at radius 1 is 1.07 bits per heavy atom. The minimum absolute atomic E-state index is 0.0834. The zero-order valence-electron chi connectivity index (χ0n) is 15.2. The Hall–Kier alpha value is -3.42. The van der Waals surface area contributed by atoms with E-state index in [9.17, 15) is 18.0 Å². The number of hydrogen-bond donors (Lipinski definition) is 1. The van der Waals surface area contributed by atoms with Gasteiger partial charge in [-0.25, -0.2) is 23.1 Å². The first kappa shape index (κ1) is 19.3. The number of benzene rings is 2. The van der Waals surface area contributed by atoms with Gasteiger partial charge in [-0.15, -0.1) is 0 Å². The monoisotopic (exact) mass is 386 g/mol. The van der Waals surface area contributed by atoms with Crippen molar-refractivity contribution in [1.82, 2.24) is 9.97 Å². The Morgan fingerprint density at radius 2 is 1.86 bits per heavy atom. The van der Waals surface area contributed by atoms with Gasteiger partial charge in [0.2, 0.25) is 0 Å². The van der Waals surface area contributed by atoms with Gasteiger partial charge in [0.15, 0.2) is 17.5 Å². The van der Waals surface area contributed by atoms with Crippen LogP contribution in [0.3, 0.4) is 0 Å². The predicted molar refractivity (Wildman–Crippen MR) is 100 cm³/mol. The highest BCUT2D eigenvalue weighted by Gasteiger charge is 2.18. The first-order chi connectivity index (χ1) is 13.4. The van der Waals surface area contributed by atoms with E-state index in [4.69, 9.17) is 0 Å². The Balaban J connectivity index is 1.80. The van der Waals surface area contributed by atoms with Crippen molar-refractivity contribution in [3.05, 3.63) is 77.5 Å². The first-order valence-electron chi connectivity index (χ1n) is 8.51. The lowest BCUT2D eigenvalue weighted by Crippen LogP contribution is -2.31. The van der Waals surface area contributed by atoms with Crippen molar-refractivity contribution in [3.63, 3.8) is 0 Å². The van der Waals surface area contributed by atoms with Crippen LogP contribution < -0.4 is 10.2 Å². The van der Waals surface area contributed by atoms with Crippen LogP contribution in [0.1, 0.15) is 23.0 Å². The van der Waals surface area contributed by atoms with Crippen molar-refractivity contribution >= 4 is 23.1 Å². The summed E-state index contributed by atoms with van der Waals surface area (Å²) in [5, 5.41) is 2.51. The van der Waals surface area contributed by atoms with Gasteiger partial charge < -0.3 is 10.2 Å². The highest BCUT2D eigenvalue weighted by Crippen LogP contribution is 2.23. The van der Waals surface area contributed by atoms with E-state index in [0.29, 0.717) is 6.54 Å². The number of carbonyl (C=O) groups excluding carboxylic acids is 1. The maximum atomic E-state index is 13.7. The average Bonchev–Trinajstić information content (AvgIpc) is 2.69. The summed E-state index contributed by atoms with van der Waals surface area (Å²) in [5.74, 6) is -4.49. The third-order valence-corrected chi connectivity index (χ3v) is 4.04. The zero-order chi connectivity index (χ0) is 20.3. The summed E-state index contributed by atoms with van der Waals surface area (Å²) in [6.07, 6.45) is 2.46. The van der Waals surface area contributed by atoms with Gasteiger partial charge in [-0.1, -0.05) is 12.1 Å². The molecule has 0 fully saturated rings. The molecule has 0 saturated heterocycles. The van der Waals surface area contributed by atoms with Crippen LogP contribution in [0, 0.1) is 24.4 Å². The lowest BCUT2D eigenvalue weighted by Gasteiger charge is -2.21. The molecule has 1 aromatic heterocycles. The number of nitrogens with zero attached hydrogens (tertiary/aromatic N) is 3. The van der Waals surface area contributed by atoms with Gasteiger partial charge in [0.1, 0.15) is 11.5 Å². The van der Waals surface area contributed by atoms with Crippen LogP contribution >= 0.6 is 0 Å². The van der Waals surface area contributed by atoms with E-state index in [1.54, 1.807) is 4.90 Å². The average molecular weight is 386 g/mol. The molecule has 1 amide bonds. The molecule has 0 radical (unpaired) electrons. The van der Waals surface area contributed by atoms with Crippen LogP contribution in [0.25, 0.3) is 0 Å². The lowest BCUT2D eigenvalue weighted by atomic mass is 10.2. The molecule has 0 bridgehead atoms. The summed E-state index contributed by atoms with van der Waals surface area (Å²) in [6, 6.07) is 9.34. The number of amides is 1. The molecule has 5 nitrogen and oxygen atoms in total. The van der Waals surface area contributed by atoms with Crippen LogP contribution in [-0.2, 0) is 0 Å². The third-order valence-electron chi connectivity index (χ3n) is 4.04. The van der Waals surface area contributed by atoms with Crippen LogP contribution in [0.5, 0.6) is 0 Å². The summed E-state index contributed by atoms with van der Waals surface area (Å²) in [7, 11) is 0. The molecule has 0 aliphatic rings. The van der Waals surface area contributed by atoms with E-state index in [-0.39, 0.29) is 23.1 Å². The van der Waals surface area contributed by atoms with Crippen LogP contribution in [0.15, 0.2) is 48.8 Å². The molecule has 28 heavy (non-hydrogen) atoms. The Kier molecular flexibility index (Phi) is 5.58. The fourth-order valence-corrected chi connectivity index (χ4v) is 2.64. The molecule has 0 atom stereocenters. The fourth-order valence-electron chi connectivity index (χ4n) is 2.64. The number of nitrogens with one attached hydrogen (secondary N) is 1. The Bertz CT molecular complexity index is 1010. The maximum absolute atomic E-state index is 13.7. The van der Waals surface area contributed by atoms with Gasteiger partial charge in [0, 0.05) is 12.2 Å². The summed E-state index contributed by atoms with van der Waals surface area (Å²) in [4.78, 5) is 22.4. The predicted octanol–water partition coefficient (Wildman–Crippen LogP) is 4.61. The second kappa shape index (κ2) is 8.08. The van der Waals surface area contributed by atoms with Crippen LogP contribution in [-0.4, -0.2) is 22.4 Å². The molecule has 1 heterocycles. The van der Waals surface area contributed by atoms with E-state index in [2.05, 4.69) is 15.3 Å². The number of aryl methyl sites for hydroxylation is 1. The minimum Gasteiger partial charge on any atom is -0.336 e. The summed E-state index contributed by atoms with van der Waals surface area (Å²) < 4.78 is 40.0. The SMILES string of the molecule is CCN(C(=O)c1cnc(Nc2ccc(F)c(F)c2F)cn1)c1cccc(C)c1. The van der Waals surface area contributed by atoms with Crippen molar-refractivity contribution in [2.75, 3.05) is 16.8 Å². The Labute approximate surface area is 159 Å².